The van der Waals surface area contributed by atoms with Crippen LogP contribution in [0.2, 0.25) is 0 Å². The number of rotatable bonds is 20. The summed E-state index contributed by atoms with van der Waals surface area (Å²) in [5.74, 6) is 0.644. The van der Waals surface area contributed by atoms with E-state index in [-0.39, 0.29) is 18.4 Å². The molecule has 5 nitrogen and oxygen atoms in total. The number of carbonyl (C=O) groups is 1. The van der Waals surface area contributed by atoms with Gasteiger partial charge in [0.05, 0.1) is 12.3 Å². The molecule has 34 heavy (non-hydrogen) atoms. The quantitative estimate of drug-likeness (QED) is 0.0940. The number of hydrogen-bond donors (Lipinski definition) is 2. The second kappa shape index (κ2) is 19.2. The highest BCUT2D eigenvalue weighted by atomic mass is 16.6. The number of hydrogen-bond acceptors (Lipinski definition) is 4. The summed E-state index contributed by atoms with van der Waals surface area (Å²) in [5.41, 5.74) is 8.79. The fourth-order valence-electron chi connectivity index (χ4n) is 3.83. The van der Waals surface area contributed by atoms with E-state index in [0.717, 1.165) is 37.0 Å². The molecular formula is C29H49N3O2. The predicted octanol–water partition coefficient (Wildman–Crippen LogP) is 6.90. The van der Waals surface area contributed by atoms with E-state index in [1.165, 1.54) is 56.9 Å². The fraction of sp³-hybridized carbons (Fsp3) is 0.655. The van der Waals surface area contributed by atoms with Gasteiger partial charge in [-0.15, -0.1) is 0 Å². The SMILES string of the molecule is C=C(CNC(=O)CCCCCN)O/N=C(/c1ccc(CCCCCCCCCC)cc1)C(C)C. The average molecular weight is 472 g/mol. The third-order valence-corrected chi connectivity index (χ3v) is 5.98. The van der Waals surface area contributed by atoms with Crippen LogP contribution < -0.4 is 11.1 Å². The molecule has 0 saturated carbocycles. The molecule has 1 aromatic rings. The summed E-state index contributed by atoms with van der Waals surface area (Å²) in [6.45, 7) is 11.3. The van der Waals surface area contributed by atoms with Gasteiger partial charge in [0.15, 0.2) is 0 Å². The van der Waals surface area contributed by atoms with Crippen LogP contribution in [0.5, 0.6) is 0 Å². The summed E-state index contributed by atoms with van der Waals surface area (Å²) in [6, 6.07) is 8.67. The van der Waals surface area contributed by atoms with Gasteiger partial charge in [0.2, 0.25) is 5.91 Å². The predicted molar refractivity (Wildman–Crippen MR) is 145 cm³/mol. The van der Waals surface area contributed by atoms with Crippen LogP contribution in [0, 0.1) is 5.92 Å². The molecule has 0 saturated heterocycles. The molecule has 0 heterocycles. The second-order valence-corrected chi connectivity index (χ2v) is 9.56. The number of benzene rings is 1. The van der Waals surface area contributed by atoms with Gasteiger partial charge in [-0.2, -0.15) is 0 Å². The molecule has 0 aliphatic rings. The van der Waals surface area contributed by atoms with E-state index in [2.05, 4.69) is 62.1 Å². The van der Waals surface area contributed by atoms with Gasteiger partial charge in [-0.05, 0) is 49.3 Å². The highest BCUT2D eigenvalue weighted by Crippen LogP contribution is 2.15. The van der Waals surface area contributed by atoms with Crippen LogP contribution in [0.4, 0.5) is 0 Å². The van der Waals surface area contributed by atoms with Gasteiger partial charge in [-0.1, -0.05) is 108 Å². The summed E-state index contributed by atoms with van der Waals surface area (Å²) >= 11 is 0. The third-order valence-electron chi connectivity index (χ3n) is 5.98. The first-order valence-corrected chi connectivity index (χ1v) is 13.5. The number of nitrogens with one attached hydrogen (secondary N) is 1. The molecule has 192 valence electrons. The maximum absolute atomic E-state index is 11.9. The number of oxime groups is 1. The van der Waals surface area contributed by atoms with E-state index >= 15 is 0 Å². The van der Waals surface area contributed by atoms with E-state index in [1.54, 1.807) is 0 Å². The van der Waals surface area contributed by atoms with Crippen molar-refractivity contribution >= 4 is 11.6 Å². The minimum atomic E-state index is 0.00177. The minimum absolute atomic E-state index is 0.00177. The van der Waals surface area contributed by atoms with Crippen molar-refractivity contribution in [1.82, 2.24) is 5.32 Å². The number of nitrogens with two attached hydrogens (primary N) is 1. The largest absolute Gasteiger partial charge is 0.360 e. The monoisotopic (exact) mass is 471 g/mol. The molecule has 1 amide bonds. The molecule has 0 aliphatic carbocycles. The normalized spacial score (nSPS) is 11.6. The summed E-state index contributed by atoms with van der Waals surface area (Å²) in [7, 11) is 0. The molecule has 1 rings (SSSR count). The molecule has 0 radical (unpaired) electrons. The molecular weight excluding hydrogens is 422 g/mol. The highest BCUT2D eigenvalue weighted by Gasteiger charge is 2.11. The first-order valence-electron chi connectivity index (χ1n) is 13.5. The number of nitrogens with zero attached hydrogens (tertiary/aromatic N) is 1. The second-order valence-electron chi connectivity index (χ2n) is 9.56. The van der Waals surface area contributed by atoms with Crippen molar-refractivity contribution in [3.63, 3.8) is 0 Å². The molecule has 0 aromatic heterocycles. The lowest BCUT2D eigenvalue weighted by Crippen LogP contribution is -2.25. The van der Waals surface area contributed by atoms with Gasteiger partial charge < -0.3 is 15.9 Å². The van der Waals surface area contributed by atoms with Crippen LogP contribution in [0.15, 0.2) is 41.8 Å². The van der Waals surface area contributed by atoms with Crippen LogP contribution in [0.1, 0.15) is 109 Å². The van der Waals surface area contributed by atoms with Gasteiger partial charge in [0.25, 0.3) is 0 Å². The topological polar surface area (TPSA) is 76.7 Å². The highest BCUT2D eigenvalue weighted by molar-refractivity contribution is 6.01. The molecule has 1 aromatic carbocycles. The molecule has 0 spiro atoms. The van der Waals surface area contributed by atoms with E-state index in [1.807, 2.05) is 0 Å². The zero-order chi connectivity index (χ0) is 25.0. The lowest BCUT2D eigenvalue weighted by Gasteiger charge is -2.12. The number of amides is 1. The van der Waals surface area contributed by atoms with E-state index in [9.17, 15) is 4.79 Å². The van der Waals surface area contributed by atoms with E-state index in [0.29, 0.717) is 18.7 Å². The van der Waals surface area contributed by atoms with E-state index < -0.39 is 0 Å². The van der Waals surface area contributed by atoms with Crippen LogP contribution in [-0.4, -0.2) is 24.7 Å². The van der Waals surface area contributed by atoms with Crippen molar-refractivity contribution in [2.45, 2.75) is 104 Å². The molecule has 3 N–H and O–H groups in total. The Morgan fingerprint density at radius 1 is 0.971 bits per heavy atom. The molecule has 0 atom stereocenters. The first kappa shape index (κ1) is 29.9. The maximum Gasteiger partial charge on any atom is 0.220 e. The summed E-state index contributed by atoms with van der Waals surface area (Å²) in [5, 5.41) is 7.19. The number of carbonyl (C=O) groups excluding carboxylic acids is 1. The van der Waals surface area contributed by atoms with Crippen LogP contribution in [0.3, 0.4) is 0 Å². The maximum atomic E-state index is 11.9. The summed E-state index contributed by atoms with van der Waals surface area (Å²) < 4.78 is 0. The average Bonchev–Trinajstić information content (AvgIpc) is 2.83. The van der Waals surface area contributed by atoms with Crippen molar-refractivity contribution in [2.75, 3.05) is 13.1 Å². The van der Waals surface area contributed by atoms with Gasteiger partial charge >= 0.3 is 0 Å². The smallest absolute Gasteiger partial charge is 0.220 e. The van der Waals surface area contributed by atoms with Crippen molar-refractivity contribution in [1.29, 1.82) is 0 Å². The van der Waals surface area contributed by atoms with Crippen LogP contribution in [-0.2, 0) is 16.1 Å². The Balaban J connectivity index is 2.41. The fourth-order valence-corrected chi connectivity index (χ4v) is 3.83. The summed E-state index contributed by atoms with van der Waals surface area (Å²) in [6.07, 6.45) is 15.1. The summed E-state index contributed by atoms with van der Waals surface area (Å²) in [4.78, 5) is 17.4. The van der Waals surface area contributed by atoms with Crippen molar-refractivity contribution < 1.29 is 9.63 Å². The van der Waals surface area contributed by atoms with Crippen molar-refractivity contribution in [3.05, 3.63) is 47.7 Å². The Hall–Kier alpha value is -2.14. The zero-order valence-corrected chi connectivity index (χ0v) is 22.0. The van der Waals surface area contributed by atoms with Gasteiger partial charge in [-0.25, -0.2) is 0 Å². The van der Waals surface area contributed by atoms with Gasteiger partial charge in [0, 0.05) is 6.42 Å². The molecule has 0 bridgehead atoms. The molecule has 0 unspecified atom stereocenters. The molecule has 5 heteroatoms. The Kier molecular flexibility index (Phi) is 16.9. The van der Waals surface area contributed by atoms with E-state index in [4.69, 9.17) is 10.6 Å². The van der Waals surface area contributed by atoms with Gasteiger partial charge in [0.1, 0.15) is 5.76 Å². The van der Waals surface area contributed by atoms with Gasteiger partial charge in [-0.3, -0.25) is 4.79 Å². The first-order chi connectivity index (χ1) is 16.5. The Labute approximate surface area is 208 Å². The Morgan fingerprint density at radius 2 is 1.59 bits per heavy atom. The van der Waals surface area contributed by atoms with Crippen LogP contribution >= 0.6 is 0 Å². The molecule has 0 aliphatic heterocycles. The number of aryl methyl sites for hydroxylation is 1. The standard InChI is InChI=1S/C29H49N3O2/c1-5-6-7-8-9-10-11-13-16-26-18-20-27(21-19-26)29(24(2)3)32-34-25(4)23-31-28(33)17-14-12-15-22-30/h18-21,24H,4-17,22-23,30H2,1-3H3,(H,31,33)/b32-29+. The zero-order valence-electron chi connectivity index (χ0n) is 22.0. The lowest BCUT2D eigenvalue weighted by molar-refractivity contribution is -0.121. The third kappa shape index (κ3) is 14.2. The number of unbranched alkanes of at least 4 members (excludes halogenated alkanes) is 9. The Morgan fingerprint density at radius 3 is 2.21 bits per heavy atom. The van der Waals surface area contributed by atoms with Crippen LogP contribution in [0.25, 0.3) is 0 Å². The van der Waals surface area contributed by atoms with Crippen molar-refractivity contribution in [2.24, 2.45) is 16.8 Å². The lowest BCUT2D eigenvalue weighted by atomic mass is 9.97. The minimum Gasteiger partial charge on any atom is -0.360 e. The Bertz CT molecular complexity index is 711. The van der Waals surface area contributed by atoms with Crippen molar-refractivity contribution in [3.8, 4) is 0 Å². The molecule has 0 fully saturated rings.